The van der Waals surface area contributed by atoms with Gasteiger partial charge in [0, 0.05) is 24.5 Å². The van der Waals surface area contributed by atoms with Gasteiger partial charge in [0.15, 0.2) is 0 Å². The van der Waals surface area contributed by atoms with Gasteiger partial charge >= 0.3 is 0 Å². The molecule has 0 aliphatic carbocycles. The Morgan fingerprint density at radius 2 is 2.26 bits per heavy atom. The predicted molar refractivity (Wildman–Crippen MR) is 92.2 cm³/mol. The second-order valence-corrected chi connectivity index (χ2v) is 6.80. The van der Waals surface area contributed by atoms with Crippen molar-refractivity contribution in [1.29, 1.82) is 0 Å². The zero-order valence-corrected chi connectivity index (χ0v) is 14.0. The van der Waals surface area contributed by atoms with Crippen molar-refractivity contribution in [2.45, 2.75) is 39.2 Å². The summed E-state index contributed by atoms with van der Waals surface area (Å²) in [6.07, 6.45) is 2.79. The molecule has 1 fully saturated rings. The van der Waals surface area contributed by atoms with Crippen LogP contribution in [0, 0.1) is 5.92 Å². The van der Waals surface area contributed by atoms with E-state index in [1.165, 1.54) is 19.4 Å². The molecule has 1 aromatic carbocycles. The fraction of sp³-hybridized carbons (Fsp3) is 0.556. The average molecular weight is 314 g/mol. The van der Waals surface area contributed by atoms with Crippen LogP contribution in [-0.4, -0.2) is 46.7 Å². The lowest BCUT2D eigenvalue weighted by Gasteiger charge is -2.35. The van der Waals surface area contributed by atoms with E-state index < -0.39 is 0 Å². The standard InChI is InChI=1S/C18H26N4O/c1-13(2)22-9-5-6-14(12-22)11-19-18(23)10-17-15-7-3-4-8-16(15)20-21-17/h3-4,7-8,13-14H,5-6,9-12H2,1-2H3,(H,19,23)(H,20,21). The van der Waals surface area contributed by atoms with Gasteiger partial charge < -0.3 is 10.2 Å². The molecule has 23 heavy (non-hydrogen) atoms. The summed E-state index contributed by atoms with van der Waals surface area (Å²) in [6, 6.07) is 8.47. The van der Waals surface area contributed by atoms with Crippen molar-refractivity contribution in [3.05, 3.63) is 30.0 Å². The average Bonchev–Trinajstić information content (AvgIpc) is 2.96. The van der Waals surface area contributed by atoms with Gasteiger partial charge in [-0.15, -0.1) is 0 Å². The molecule has 0 spiro atoms. The van der Waals surface area contributed by atoms with Gasteiger partial charge in [-0.2, -0.15) is 5.10 Å². The summed E-state index contributed by atoms with van der Waals surface area (Å²) in [6.45, 7) is 7.52. The lowest BCUT2D eigenvalue weighted by atomic mass is 9.97. The van der Waals surface area contributed by atoms with Gasteiger partial charge in [-0.05, 0) is 45.2 Å². The van der Waals surface area contributed by atoms with Crippen molar-refractivity contribution in [3.8, 4) is 0 Å². The van der Waals surface area contributed by atoms with Gasteiger partial charge in [-0.1, -0.05) is 18.2 Å². The number of aromatic amines is 1. The van der Waals surface area contributed by atoms with E-state index in [4.69, 9.17) is 0 Å². The van der Waals surface area contributed by atoms with Crippen molar-refractivity contribution in [2.75, 3.05) is 19.6 Å². The molecule has 5 nitrogen and oxygen atoms in total. The first-order valence-corrected chi connectivity index (χ1v) is 8.56. The van der Waals surface area contributed by atoms with Gasteiger partial charge in [0.2, 0.25) is 5.91 Å². The maximum Gasteiger partial charge on any atom is 0.226 e. The first-order chi connectivity index (χ1) is 11.1. The summed E-state index contributed by atoms with van der Waals surface area (Å²) >= 11 is 0. The summed E-state index contributed by atoms with van der Waals surface area (Å²) in [5.74, 6) is 0.634. The third-order valence-corrected chi connectivity index (χ3v) is 4.75. The maximum atomic E-state index is 12.2. The van der Waals surface area contributed by atoms with E-state index >= 15 is 0 Å². The number of piperidine rings is 1. The van der Waals surface area contributed by atoms with Crippen LogP contribution in [-0.2, 0) is 11.2 Å². The molecule has 1 saturated heterocycles. The molecule has 1 unspecified atom stereocenters. The molecule has 2 N–H and O–H groups in total. The number of hydrogen-bond acceptors (Lipinski definition) is 3. The number of benzene rings is 1. The normalized spacial score (nSPS) is 19.3. The molecule has 0 saturated carbocycles. The van der Waals surface area contributed by atoms with Crippen molar-refractivity contribution < 1.29 is 4.79 Å². The Morgan fingerprint density at radius 3 is 3.09 bits per heavy atom. The molecule has 0 bridgehead atoms. The number of carbonyl (C=O) groups is 1. The number of hydrogen-bond donors (Lipinski definition) is 2. The second kappa shape index (κ2) is 7.13. The van der Waals surface area contributed by atoms with Crippen LogP contribution in [0.25, 0.3) is 10.9 Å². The highest BCUT2D eigenvalue weighted by Crippen LogP contribution is 2.18. The third-order valence-electron chi connectivity index (χ3n) is 4.75. The molecule has 5 heteroatoms. The van der Waals surface area contributed by atoms with Crippen LogP contribution < -0.4 is 5.32 Å². The first kappa shape index (κ1) is 16.0. The molecule has 3 rings (SSSR count). The zero-order chi connectivity index (χ0) is 16.2. The van der Waals surface area contributed by atoms with E-state index in [9.17, 15) is 4.79 Å². The minimum Gasteiger partial charge on any atom is -0.355 e. The fourth-order valence-corrected chi connectivity index (χ4v) is 3.36. The summed E-state index contributed by atoms with van der Waals surface area (Å²) in [5.41, 5.74) is 1.81. The highest BCUT2D eigenvalue weighted by atomic mass is 16.1. The van der Waals surface area contributed by atoms with Crippen molar-refractivity contribution in [3.63, 3.8) is 0 Å². The second-order valence-electron chi connectivity index (χ2n) is 6.80. The Kier molecular flexibility index (Phi) is 4.96. The smallest absolute Gasteiger partial charge is 0.226 e. The van der Waals surface area contributed by atoms with E-state index in [2.05, 4.69) is 34.3 Å². The van der Waals surface area contributed by atoms with Crippen LogP contribution in [0.5, 0.6) is 0 Å². The van der Waals surface area contributed by atoms with Gasteiger partial charge in [-0.3, -0.25) is 9.89 Å². The number of fused-ring (bicyclic) bond motifs is 1. The highest BCUT2D eigenvalue weighted by molar-refractivity contribution is 5.87. The Bertz CT molecular complexity index is 664. The van der Waals surface area contributed by atoms with Crippen LogP contribution in [0.15, 0.2) is 24.3 Å². The number of carbonyl (C=O) groups excluding carboxylic acids is 1. The van der Waals surface area contributed by atoms with Crippen LogP contribution in [0.4, 0.5) is 0 Å². The van der Waals surface area contributed by atoms with Crippen molar-refractivity contribution >= 4 is 16.8 Å². The first-order valence-electron chi connectivity index (χ1n) is 8.56. The maximum absolute atomic E-state index is 12.2. The number of rotatable bonds is 5. The number of para-hydroxylation sites is 1. The van der Waals surface area contributed by atoms with Crippen LogP contribution in [0.3, 0.4) is 0 Å². The minimum atomic E-state index is 0.0704. The number of likely N-dealkylation sites (tertiary alicyclic amines) is 1. The molecule has 1 aromatic heterocycles. The quantitative estimate of drug-likeness (QED) is 0.890. The van der Waals surface area contributed by atoms with E-state index in [-0.39, 0.29) is 5.91 Å². The Labute approximate surface area is 137 Å². The molecule has 1 aliphatic rings. The van der Waals surface area contributed by atoms with Gasteiger partial charge in [0.25, 0.3) is 0 Å². The number of H-pyrrole nitrogens is 1. The topological polar surface area (TPSA) is 61.0 Å². The molecule has 1 amide bonds. The molecular weight excluding hydrogens is 288 g/mol. The summed E-state index contributed by atoms with van der Waals surface area (Å²) in [4.78, 5) is 14.7. The number of nitrogens with zero attached hydrogens (tertiary/aromatic N) is 2. The molecule has 2 aromatic rings. The van der Waals surface area contributed by atoms with Crippen LogP contribution in [0.1, 0.15) is 32.4 Å². The van der Waals surface area contributed by atoms with Gasteiger partial charge in [0.1, 0.15) is 0 Å². The molecule has 1 atom stereocenters. The largest absolute Gasteiger partial charge is 0.355 e. The summed E-state index contributed by atoms with van der Waals surface area (Å²) < 4.78 is 0. The van der Waals surface area contributed by atoms with Crippen molar-refractivity contribution in [1.82, 2.24) is 20.4 Å². The third kappa shape index (κ3) is 3.91. The summed E-state index contributed by atoms with van der Waals surface area (Å²) in [5, 5.41) is 11.4. The van der Waals surface area contributed by atoms with Crippen LogP contribution >= 0.6 is 0 Å². The molecule has 1 aliphatic heterocycles. The number of aromatic nitrogens is 2. The number of amides is 1. The molecule has 0 radical (unpaired) electrons. The van der Waals surface area contributed by atoms with Gasteiger partial charge in [-0.25, -0.2) is 0 Å². The fourth-order valence-electron chi connectivity index (χ4n) is 3.36. The number of nitrogens with one attached hydrogen (secondary N) is 2. The van der Waals surface area contributed by atoms with Crippen LogP contribution in [0.2, 0.25) is 0 Å². The lowest BCUT2D eigenvalue weighted by molar-refractivity contribution is -0.120. The highest BCUT2D eigenvalue weighted by Gasteiger charge is 2.22. The van der Waals surface area contributed by atoms with Crippen molar-refractivity contribution in [2.24, 2.45) is 5.92 Å². The Morgan fingerprint density at radius 1 is 1.43 bits per heavy atom. The van der Waals surface area contributed by atoms with E-state index in [1.807, 2.05) is 24.3 Å². The van der Waals surface area contributed by atoms with Gasteiger partial charge in [0.05, 0.1) is 17.6 Å². The molecule has 2 heterocycles. The SMILES string of the molecule is CC(C)N1CCCC(CNC(=O)Cc2[nH]nc3ccccc23)C1. The lowest BCUT2D eigenvalue weighted by Crippen LogP contribution is -2.44. The molecular formula is C18H26N4O. The summed E-state index contributed by atoms with van der Waals surface area (Å²) in [7, 11) is 0. The zero-order valence-electron chi connectivity index (χ0n) is 14.0. The predicted octanol–water partition coefficient (Wildman–Crippen LogP) is 2.34. The monoisotopic (exact) mass is 314 g/mol. The van der Waals surface area contributed by atoms with E-state index in [1.54, 1.807) is 0 Å². The molecule has 124 valence electrons. The van der Waals surface area contributed by atoms with E-state index in [0.717, 1.165) is 29.7 Å². The Hall–Kier alpha value is -1.88. The van der Waals surface area contributed by atoms with E-state index in [0.29, 0.717) is 18.4 Å². The Balaban J connectivity index is 1.52. The minimum absolute atomic E-state index is 0.0704.